The first-order valence-corrected chi connectivity index (χ1v) is 11.8. The van der Waals surface area contributed by atoms with E-state index in [2.05, 4.69) is 27.1 Å². The monoisotopic (exact) mass is 432 g/mol. The van der Waals surface area contributed by atoms with Crippen molar-refractivity contribution in [1.29, 1.82) is 0 Å². The molecular weight excluding hydrogens is 400 g/mol. The van der Waals surface area contributed by atoms with E-state index in [1.807, 2.05) is 33.9 Å². The van der Waals surface area contributed by atoms with Gasteiger partial charge in [-0.1, -0.05) is 0 Å². The first-order chi connectivity index (χ1) is 14.1. The summed E-state index contributed by atoms with van der Waals surface area (Å²) in [5.41, 5.74) is 1.94. The van der Waals surface area contributed by atoms with Gasteiger partial charge in [0, 0.05) is 49.4 Å². The van der Waals surface area contributed by atoms with Crippen LogP contribution in [-0.4, -0.2) is 65.0 Å². The number of hydrogen-bond donors (Lipinski definition) is 2. The van der Waals surface area contributed by atoms with Crippen LogP contribution in [0, 0.1) is 5.92 Å². The van der Waals surface area contributed by atoms with Crippen LogP contribution in [0.15, 0.2) is 24.5 Å². The van der Waals surface area contributed by atoms with Crippen molar-refractivity contribution < 1.29 is 13.6 Å². The fraction of sp³-hybridized carbons (Fsp3) is 0.636. The Morgan fingerprint density at radius 2 is 2.00 bits per heavy atom. The minimum Gasteiger partial charge on any atom is -0.346 e. The maximum atomic E-state index is 12.8. The van der Waals surface area contributed by atoms with Gasteiger partial charge >= 0.3 is 0 Å². The molecule has 0 aromatic carbocycles. The number of aromatic amines is 1. The van der Waals surface area contributed by atoms with Gasteiger partial charge in [0.1, 0.15) is 10.5 Å². The third-order valence-electron chi connectivity index (χ3n) is 7.14. The van der Waals surface area contributed by atoms with Crippen molar-refractivity contribution in [3.8, 4) is 0 Å². The first-order valence-electron chi connectivity index (χ1n) is 10.7. The Balaban J connectivity index is 1.43. The van der Waals surface area contributed by atoms with Gasteiger partial charge in [0.2, 0.25) is 5.91 Å². The van der Waals surface area contributed by atoms with Crippen LogP contribution in [0.5, 0.6) is 0 Å². The molecule has 1 aliphatic heterocycles. The van der Waals surface area contributed by atoms with Crippen molar-refractivity contribution in [2.45, 2.75) is 62.8 Å². The second-order valence-electron chi connectivity index (χ2n) is 9.77. The SMILES string of the molecule is CN(C(=O)C1CC(N2CCC(c3c[nH]c4ncccc34)CC2)(S(=O)O)C1)C(C)(C)C. The summed E-state index contributed by atoms with van der Waals surface area (Å²) < 4.78 is 22.5. The Hall–Kier alpha value is -1.77. The molecule has 2 aliphatic rings. The van der Waals surface area contributed by atoms with E-state index in [0.29, 0.717) is 18.8 Å². The molecule has 7 nitrogen and oxygen atoms in total. The summed E-state index contributed by atoms with van der Waals surface area (Å²) in [6, 6.07) is 4.05. The molecule has 2 aromatic heterocycles. The summed E-state index contributed by atoms with van der Waals surface area (Å²) >= 11 is -1.98. The van der Waals surface area contributed by atoms with E-state index in [1.54, 1.807) is 11.1 Å². The summed E-state index contributed by atoms with van der Waals surface area (Å²) in [6.07, 6.45) is 6.62. The second kappa shape index (κ2) is 7.73. The molecule has 164 valence electrons. The quantitative estimate of drug-likeness (QED) is 0.724. The number of aromatic nitrogens is 2. The molecule has 30 heavy (non-hydrogen) atoms. The average molecular weight is 433 g/mol. The summed E-state index contributed by atoms with van der Waals surface area (Å²) in [6.45, 7) is 7.55. The van der Waals surface area contributed by atoms with Crippen LogP contribution in [0.1, 0.15) is 57.9 Å². The van der Waals surface area contributed by atoms with Crippen molar-refractivity contribution >= 4 is 28.0 Å². The molecule has 1 unspecified atom stereocenters. The molecule has 0 spiro atoms. The van der Waals surface area contributed by atoms with Crippen molar-refractivity contribution in [1.82, 2.24) is 19.8 Å². The minimum absolute atomic E-state index is 0.0738. The van der Waals surface area contributed by atoms with Gasteiger partial charge < -0.3 is 14.4 Å². The van der Waals surface area contributed by atoms with E-state index in [0.717, 1.165) is 37.0 Å². The van der Waals surface area contributed by atoms with Gasteiger partial charge in [0.15, 0.2) is 11.1 Å². The Morgan fingerprint density at radius 1 is 1.33 bits per heavy atom. The van der Waals surface area contributed by atoms with Crippen LogP contribution >= 0.6 is 0 Å². The zero-order chi connectivity index (χ0) is 21.7. The van der Waals surface area contributed by atoms with Crippen molar-refractivity contribution in [2.24, 2.45) is 5.92 Å². The number of carbonyl (C=O) groups excluding carboxylic acids is 1. The van der Waals surface area contributed by atoms with Crippen LogP contribution in [-0.2, 0) is 15.9 Å². The van der Waals surface area contributed by atoms with Crippen molar-refractivity contribution in [3.63, 3.8) is 0 Å². The lowest BCUT2D eigenvalue weighted by atomic mass is 9.75. The second-order valence-corrected chi connectivity index (χ2v) is 11.0. The molecule has 1 atom stereocenters. The van der Waals surface area contributed by atoms with Gasteiger partial charge in [-0.05, 0) is 70.1 Å². The number of piperidine rings is 1. The van der Waals surface area contributed by atoms with Crippen LogP contribution in [0.3, 0.4) is 0 Å². The van der Waals surface area contributed by atoms with Crippen LogP contribution in [0.2, 0.25) is 0 Å². The predicted molar refractivity (Wildman–Crippen MR) is 118 cm³/mol. The highest BCUT2D eigenvalue weighted by Crippen LogP contribution is 2.48. The molecule has 1 saturated heterocycles. The van der Waals surface area contributed by atoms with Crippen LogP contribution in [0.4, 0.5) is 0 Å². The van der Waals surface area contributed by atoms with E-state index < -0.39 is 16.0 Å². The highest BCUT2D eigenvalue weighted by molar-refractivity contribution is 7.80. The van der Waals surface area contributed by atoms with E-state index >= 15 is 0 Å². The Bertz CT molecular complexity index is 953. The molecule has 1 aliphatic carbocycles. The lowest BCUT2D eigenvalue weighted by molar-refractivity contribution is -0.145. The van der Waals surface area contributed by atoms with Gasteiger partial charge in [-0.15, -0.1) is 0 Å². The first kappa shape index (κ1) is 21.5. The number of fused-ring (bicyclic) bond motifs is 1. The number of hydrogen-bond acceptors (Lipinski definition) is 4. The number of nitrogens with zero attached hydrogens (tertiary/aromatic N) is 3. The lowest BCUT2D eigenvalue weighted by Crippen LogP contribution is -2.64. The summed E-state index contributed by atoms with van der Waals surface area (Å²) in [4.78, 5) is 23.6. The molecule has 0 bridgehead atoms. The average Bonchev–Trinajstić information content (AvgIpc) is 3.10. The largest absolute Gasteiger partial charge is 0.346 e. The molecule has 3 heterocycles. The maximum absolute atomic E-state index is 12.8. The maximum Gasteiger partial charge on any atom is 0.226 e. The lowest BCUT2D eigenvalue weighted by Gasteiger charge is -2.54. The Labute approximate surface area is 180 Å². The molecule has 4 rings (SSSR count). The predicted octanol–water partition coefficient (Wildman–Crippen LogP) is 3.33. The fourth-order valence-corrected chi connectivity index (χ4v) is 6.00. The summed E-state index contributed by atoms with van der Waals surface area (Å²) in [5, 5.41) is 1.16. The van der Waals surface area contributed by atoms with Gasteiger partial charge in [-0.25, -0.2) is 9.19 Å². The van der Waals surface area contributed by atoms with Gasteiger partial charge in [0.25, 0.3) is 0 Å². The van der Waals surface area contributed by atoms with Gasteiger partial charge in [0.05, 0.1) is 0 Å². The summed E-state index contributed by atoms with van der Waals surface area (Å²) in [5.74, 6) is 0.306. The molecule has 8 heteroatoms. The Morgan fingerprint density at radius 3 is 2.60 bits per heavy atom. The highest BCUT2D eigenvalue weighted by atomic mass is 32.2. The molecular formula is C22H32N4O3S. The number of nitrogens with one attached hydrogen (secondary N) is 1. The normalized spacial score (nSPS) is 27.0. The molecule has 2 fully saturated rings. The standard InChI is InChI=1S/C22H32N4O3S/c1-21(2,3)25(4)20(27)16-12-22(13-16,30(28)29)26-10-7-15(8-11-26)18-14-24-19-17(18)6-5-9-23-19/h5-6,9,14-16H,7-8,10-13H2,1-4H3,(H,23,24)(H,28,29). The smallest absolute Gasteiger partial charge is 0.226 e. The summed E-state index contributed by atoms with van der Waals surface area (Å²) in [7, 11) is 1.82. The minimum atomic E-state index is -1.98. The van der Waals surface area contributed by atoms with Gasteiger partial charge in [-0.2, -0.15) is 0 Å². The van der Waals surface area contributed by atoms with E-state index in [-0.39, 0.29) is 17.4 Å². The molecule has 1 saturated carbocycles. The number of H-pyrrole nitrogens is 1. The fourth-order valence-electron chi connectivity index (χ4n) is 4.91. The van der Waals surface area contributed by atoms with E-state index in [1.165, 1.54) is 5.56 Å². The van der Waals surface area contributed by atoms with Crippen LogP contribution in [0.25, 0.3) is 11.0 Å². The van der Waals surface area contributed by atoms with Gasteiger partial charge in [-0.3, -0.25) is 9.69 Å². The zero-order valence-corrected chi connectivity index (χ0v) is 19.0. The number of rotatable bonds is 4. The Kier molecular flexibility index (Phi) is 5.53. The number of amides is 1. The number of carbonyl (C=O) groups is 1. The molecule has 2 N–H and O–H groups in total. The number of pyridine rings is 1. The molecule has 1 amide bonds. The van der Waals surface area contributed by atoms with E-state index in [4.69, 9.17) is 0 Å². The molecule has 2 aromatic rings. The zero-order valence-electron chi connectivity index (χ0n) is 18.2. The van der Waals surface area contributed by atoms with E-state index in [9.17, 15) is 13.6 Å². The van der Waals surface area contributed by atoms with Crippen LogP contribution < -0.4 is 0 Å². The topological polar surface area (TPSA) is 89.5 Å². The van der Waals surface area contributed by atoms with Crippen molar-refractivity contribution in [2.75, 3.05) is 20.1 Å². The van der Waals surface area contributed by atoms with Crippen molar-refractivity contribution in [3.05, 3.63) is 30.1 Å². The number of likely N-dealkylation sites (tertiary alicyclic amines) is 1. The highest BCUT2D eigenvalue weighted by Gasteiger charge is 2.56. The third kappa shape index (κ3) is 3.59. The third-order valence-corrected chi connectivity index (χ3v) is 8.38. The molecule has 0 radical (unpaired) electrons.